The van der Waals surface area contributed by atoms with Gasteiger partial charge in [0, 0.05) is 6.08 Å². The number of rotatable bonds is 4. The van der Waals surface area contributed by atoms with Crippen LogP contribution in [0.1, 0.15) is 17.4 Å². The molecule has 0 bridgehead atoms. The molecule has 0 saturated heterocycles. The second-order valence-corrected chi connectivity index (χ2v) is 4.90. The van der Waals surface area contributed by atoms with E-state index in [2.05, 4.69) is 5.16 Å². The van der Waals surface area contributed by atoms with Crippen molar-refractivity contribution in [3.8, 4) is 0 Å². The van der Waals surface area contributed by atoms with E-state index in [9.17, 15) is 9.18 Å². The second-order valence-electron chi connectivity index (χ2n) is 3.95. The Hall–Kier alpha value is -2.27. The first-order valence-electron chi connectivity index (χ1n) is 5.88. The highest BCUT2D eigenvalue weighted by molar-refractivity contribution is 7.12. The summed E-state index contributed by atoms with van der Waals surface area (Å²) in [4.78, 5) is 17.2. The van der Waals surface area contributed by atoms with E-state index in [4.69, 9.17) is 4.84 Å². The van der Waals surface area contributed by atoms with Crippen molar-refractivity contribution in [3.05, 3.63) is 64.1 Å². The summed E-state index contributed by atoms with van der Waals surface area (Å²) < 4.78 is 12.7. The number of halogens is 1. The number of thiophene rings is 1. The maximum atomic E-state index is 12.7. The normalized spacial score (nSPS) is 11.8. The largest absolute Gasteiger partial charge is 0.358 e. The Bertz CT molecular complexity index is 630. The fraction of sp³-hybridized carbons (Fsp3) is 0.0667. The molecule has 0 fully saturated rings. The quantitative estimate of drug-likeness (QED) is 0.371. The van der Waals surface area contributed by atoms with Crippen LogP contribution < -0.4 is 0 Å². The molecule has 2 rings (SSSR count). The van der Waals surface area contributed by atoms with Gasteiger partial charge in [0.15, 0.2) is 0 Å². The van der Waals surface area contributed by atoms with Crippen LogP contribution in [0.3, 0.4) is 0 Å². The van der Waals surface area contributed by atoms with Crippen LogP contribution in [-0.4, -0.2) is 11.7 Å². The van der Waals surface area contributed by atoms with E-state index in [-0.39, 0.29) is 5.82 Å². The minimum Gasteiger partial charge on any atom is -0.313 e. The highest BCUT2D eigenvalue weighted by Crippen LogP contribution is 2.10. The molecule has 20 heavy (non-hydrogen) atoms. The van der Waals surface area contributed by atoms with E-state index in [1.54, 1.807) is 19.1 Å². The van der Waals surface area contributed by atoms with Gasteiger partial charge >= 0.3 is 5.97 Å². The minimum atomic E-state index is -0.578. The lowest BCUT2D eigenvalue weighted by Crippen LogP contribution is -1.98. The molecule has 0 amide bonds. The van der Waals surface area contributed by atoms with Crippen LogP contribution in [0.2, 0.25) is 0 Å². The van der Waals surface area contributed by atoms with Crippen LogP contribution in [0.5, 0.6) is 0 Å². The van der Waals surface area contributed by atoms with Crippen molar-refractivity contribution in [2.75, 3.05) is 0 Å². The van der Waals surface area contributed by atoms with Gasteiger partial charge in [0.25, 0.3) is 0 Å². The summed E-state index contributed by atoms with van der Waals surface area (Å²) in [7, 11) is 0. The van der Waals surface area contributed by atoms with Gasteiger partial charge in [0.05, 0.1) is 10.6 Å². The first kappa shape index (κ1) is 14.1. The van der Waals surface area contributed by atoms with E-state index in [0.717, 1.165) is 4.88 Å². The van der Waals surface area contributed by atoms with E-state index in [1.165, 1.54) is 35.6 Å². The molecule has 0 unspecified atom stereocenters. The van der Waals surface area contributed by atoms with Gasteiger partial charge in [0.1, 0.15) is 5.82 Å². The molecule has 0 radical (unpaired) electrons. The first-order chi connectivity index (χ1) is 9.65. The van der Waals surface area contributed by atoms with Crippen LogP contribution >= 0.6 is 11.3 Å². The number of benzene rings is 1. The van der Waals surface area contributed by atoms with E-state index in [0.29, 0.717) is 11.3 Å². The Morgan fingerprint density at radius 3 is 2.70 bits per heavy atom. The number of carbonyl (C=O) groups is 1. The Balaban J connectivity index is 1.92. The smallest absolute Gasteiger partial charge is 0.313 e. The SMILES string of the molecule is CC(=NOC(=O)C=Cc1ccc(F)cc1)c1cccs1. The van der Waals surface area contributed by atoms with Crippen molar-refractivity contribution < 1.29 is 14.0 Å². The number of hydrogen-bond acceptors (Lipinski definition) is 4. The predicted octanol–water partition coefficient (Wildman–Crippen LogP) is 3.87. The maximum absolute atomic E-state index is 12.7. The molecule has 0 atom stereocenters. The summed E-state index contributed by atoms with van der Waals surface area (Å²) in [5.41, 5.74) is 1.35. The van der Waals surface area contributed by atoms with Crippen molar-refractivity contribution in [2.24, 2.45) is 5.16 Å². The van der Waals surface area contributed by atoms with E-state index >= 15 is 0 Å². The van der Waals surface area contributed by atoms with Gasteiger partial charge in [-0.25, -0.2) is 9.18 Å². The predicted molar refractivity (Wildman–Crippen MR) is 78.1 cm³/mol. The Morgan fingerprint density at radius 2 is 2.05 bits per heavy atom. The molecular weight excluding hydrogens is 277 g/mol. The zero-order valence-corrected chi connectivity index (χ0v) is 11.6. The molecule has 1 aromatic heterocycles. The van der Waals surface area contributed by atoms with Crippen LogP contribution in [-0.2, 0) is 9.63 Å². The zero-order chi connectivity index (χ0) is 14.4. The standard InChI is InChI=1S/C15H12FNO2S/c1-11(14-3-2-10-20-14)17-19-15(18)9-6-12-4-7-13(16)8-5-12/h2-10H,1H3. The Kier molecular flexibility index (Phi) is 4.79. The third kappa shape index (κ3) is 4.13. The molecule has 5 heteroatoms. The number of nitrogens with zero attached hydrogens (tertiary/aromatic N) is 1. The number of carbonyl (C=O) groups excluding carboxylic acids is 1. The third-order valence-electron chi connectivity index (χ3n) is 2.43. The first-order valence-corrected chi connectivity index (χ1v) is 6.76. The van der Waals surface area contributed by atoms with Crippen molar-refractivity contribution in [3.63, 3.8) is 0 Å². The molecule has 1 aromatic carbocycles. The van der Waals surface area contributed by atoms with Gasteiger partial charge in [0.2, 0.25) is 0 Å². The summed E-state index contributed by atoms with van der Waals surface area (Å²) in [5, 5.41) is 5.68. The summed E-state index contributed by atoms with van der Waals surface area (Å²) in [5.74, 6) is -0.897. The van der Waals surface area contributed by atoms with Crippen molar-refractivity contribution >= 4 is 29.1 Å². The van der Waals surface area contributed by atoms with Gasteiger partial charge < -0.3 is 4.84 Å². The van der Waals surface area contributed by atoms with Crippen LogP contribution in [0, 0.1) is 5.82 Å². The topological polar surface area (TPSA) is 38.7 Å². The third-order valence-corrected chi connectivity index (χ3v) is 3.41. The summed E-state index contributed by atoms with van der Waals surface area (Å²) in [6.07, 6.45) is 2.79. The molecular formula is C15H12FNO2S. The molecule has 0 saturated carbocycles. The van der Waals surface area contributed by atoms with Gasteiger partial charge in [-0.3, -0.25) is 0 Å². The average molecular weight is 289 g/mol. The van der Waals surface area contributed by atoms with Crippen LogP contribution in [0.25, 0.3) is 6.08 Å². The van der Waals surface area contributed by atoms with E-state index < -0.39 is 5.97 Å². The highest BCUT2D eigenvalue weighted by atomic mass is 32.1. The van der Waals surface area contributed by atoms with Gasteiger partial charge in [-0.05, 0) is 42.1 Å². The molecule has 0 aliphatic carbocycles. The Morgan fingerprint density at radius 1 is 1.30 bits per heavy atom. The summed E-state index contributed by atoms with van der Waals surface area (Å²) >= 11 is 1.52. The van der Waals surface area contributed by atoms with Crippen molar-refractivity contribution in [1.29, 1.82) is 0 Å². The summed E-state index contributed by atoms with van der Waals surface area (Å²) in [6.45, 7) is 1.77. The molecule has 3 nitrogen and oxygen atoms in total. The van der Waals surface area contributed by atoms with Gasteiger partial charge in [-0.15, -0.1) is 11.3 Å². The highest BCUT2D eigenvalue weighted by Gasteiger charge is 2.01. The molecule has 1 heterocycles. The van der Waals surface area contributed by atoms with E-state index in [1.807, 2.05) is 17.5 Å². The molecule has 0 aliphatic heterocycles. The lowest BCUT2D eigenvalue weighted by Gasteiger charge is -1.96. The molecule has 102 valence electrons. The number of hydrogen-bond donors (Lipinski definition) is 0. The molecule has 2 aromatic rings. The van der Waals surface area contributed by atoms with Gasteiger partial charge in [-0.1, -0.05) is 23.4 Å². The van der Waals surface area contributed by atoms with Crippen molar-refractivity contribution in [2.45, 2.75) is 6.92 Å². The summed E-state index contributed by atoms with van der Waals surface area (Å²) in [6, 6.07) is 9.58. The zero-order valence-electron chi connectivity index (χ0n) is 10.7. The average Bonchev–Trinajstić information content (AvgIpc) is 2.98. The fourth-order valence-corrected chi connectivity index (χ4v) is 2.08. The molecule has 0 aliphatic rings. The second kappa shape index (κ2) is 6.77. The van der Waals surface area contributed by atoms with Crippen molar-refractivity contribution in [1.82, 2.24) is 0 Å². The Labute approximate surface area is 120 Å². The minimum absolute atomic E-state index is 0.319. The van der Waals surface area contributed by atoms with Crippen LogP contribution in [0.15, 0.2) is 53.0 Å². The van der Waals surface area contributed by atoms with Crippen LogP contribution in [0.4, 0.5) is 4.39 Å². The fourth-order valence-electron chi connectivity index (χ4n) is 1.41. The monoisotopic (exact) mass is 289 g/mol. The van der Waals surface area contributed by atoms with Gasteiger partial charge in [-0.2, -0.15) is 0 Å². The lowest BCUT2D eigenvalue weighted by atomic mass is 10.2. The molecule has 0 N–H and O–H groups in total. The lowest BCUT2D eigenvalue weighted by molar-refractivity contribution is -0.137. The maximum Gasteiger partial charge on any atom is 0.358 e. The number of oxime groups is 1. The molecule has 0 spiro atoms.